The minimum Gasteiger partial charge on any atom is -0.471 e. The van der Waals surface area contributed by atoms with Gasteiger partial charge in [0.1, 0.15) is 11.4 Å². The Labute approximate surface area is 266 Å². The van der Waals surface area contributed by atoms with Gasteiger partial charge in [0.15, 0.2) is 12.4 Å². The molecule has 2 amide bonds. The summed E-state index contributed by atoms with van der Waals surface area (Å²) in [4.78, 5) is 34.3. The maximum Gasteiger partial charge on any atom is 0.391 e. The monoisotopic (exact) mass is 675 g/mol. The van der Waals surface area contributed by atoms with Crippen molar-refractivity contribution in [2.45, 2.75) is 83.0 Å². The minimum absolute atomic E-state index is 0.00142. The number of hydrogen-bond donors (Lipinski definition) is 3. The molecule has 0 unspecified atom stereocenters. The van der Waals surface area contributed by atoms with Gasteiger partial charge in [-0.05, 0) is 56.2 Å². The number of carbonyl (C=O) groups excluding carboxylic acids is 2. The van der Waals surface area contributed by atoms with Gasteiger partial charge in [0.05, 0.1) is 21.7 Å². The highest BCUT2D eigenvalue weighted by molar-refractivity contribution is 6.40. The highest BCUT2D eigenvalue weighted by Gasteiger charge is 2.41. The zero-order valence-electron chi connectivity index (χ0n) is 24.1. The van der Waals surface area contributed by atoms with E-state index in [1.54, 1.807) is 12.1 Å². The number of alkyl halides is 5. The lowest BCUT2D eigenvalue weighted by molar-refractivity contribution is -0.182. The van der Waals surface area contributed by atoms with Crippen LogP contribution < -0.4 is 20.7 Å². The van der Waals surface area contributed by atoms with Crippen molar-refractivity contribution >= 4 is 52.4 Å². The van der Waals surface area contributed by atoms with Gasteiger partial charge in [-0.25, -0.2) is 13.8 Å². The summed E-state index contributed by atoms with van der Waals surface area (Å²) in [5, 5.41) is 9.29. The largest absolute Gasteiger partial charge is 0.471 e. The van der Waals surface area contributed by atoms with Crippen LogP contribution in [-0.4, -0.2) is 47.9 Å². The second-order valence-electron chi connectivity index (χ2n) is 11.5. The number of hydrogen-bond acceptors (Lipinski definition) is 6. The molecule has 0 saturated heterocycles. The third-order valence-electron chi connectivity index (χ3n) is 8.38. The Morgan fingerprint density at radius 2 is 1.76 bits per heavy atom. The predicted octanol–water partition coefficient (Wildman–Crippen LogP) is 7.39. The van der Waals surface area contributed by atoms with Gasteiger partial charge < -0.3 is 20.7 Å². The number of pyridine rings is 1. The van der Waals surface area contributed by atoms with E-state index < -0.39 is 37.1 Å². The van der Waals surface area contributed by atoms with Gasteiger partial charge in [-0.2, -0.15) is 18.2 Å². The van der Waals surface area contributed by atoms with Gasteiger partial charge in [0.25, 0.3) is 12.3 Å². The second-order valence-corrected chi connectivity index (χ2v) is 12.3. The molecule has 2 saturated carbocycles. The standard InChI is InChI=1S/C30H32Cl2F5N5O3/c31-21-10-5-16(13-38-27(43)15-3-1-2-4-15)24(32)25(21)40-23-12-17-11-20(29(42-26(17)41-23)45-14-22(33)34)28(44)39-19-8-6-18(7-9-19)30(35,36)37/h5,10-11,15,18-19,22H,1-4,6-9,12-14H2,(H,38,43)(H,39,44)(H,40,41,42). The summed E-state index contributed by atoms with van der Waals surface area (Å²) < 4.78 is 70.3. The van der Waals surface area contributed by atoms with E-state index in [1.165, 1.54) is 6.07 Å². The van der Waals surface area contributed by atoms with E-state index in [-0.39, 0.29) is 72.8 Å². The molecule has 1 aromatic heterocycles. The lowest BCUT2D eigenvalue weighted by Crippen LogP contribution is -2.40. The Kier molecular flexibility index (Phi) is 10.4. The highest BCUT2D eigenvalue weighted by atomic mass is 35.5. The molecule has 2 aromatic rings. The van der Waals surface area contributed by atoms with Crippen LogP contribution in [0, 0.1) is 11.8 Å². The molecule has 2 fully saturated rings. The third-order valence-corrected chi connectivity index (χ3v) is 9.12. The van der Waals surface area contributed by atoms with Crippen LogP contribution >= 0.6 is 23.2 Å². The van der Waals surface area contributed by atoms with E-state index in [9.17, 15) is 31.5 Å². The molecule has 45 heavy (non-hydrogen) atoms. The van der Waals surface area contributed by atoms with Crippen LogP contribution in [0.1, 0.15) is 72.9 Å². The van der Waals surface area contributed by atoms with Crippen molar-refractivity contribution in [1.82, 2.24) is 15.6 Å². The molecule has 5 rings (SSSR count). The van der Waals surface area contributed by atoms with Crippen LogP contribution in [0.15, 0.2) is 23.2 Å². The topological polar surface area (TPSA) is 105 Å². The van der Waals surface area contributed by atoms with Crippen molar-refractivity contribution in [3.05, 3.63) is 44.9 Å². The number of amidine groups is 1. The van der Waals surface area contributed by atoms with Crippen LogP contribution in [-0.2, 0) is 17.8 Å². The molecular formula is C30H32Cl2F5N5O3. The number of rotatable bonds is 9. The quantitative estimate of drug-likeness (QED) is 0.241. The number of aliphatic imine (C=N–C) groups is 1. The number of anilines is 1. The van der Waals surface area contributed by atoms with Crippen molar-refractivity contribution < 1.29 is 36.3 Å². The first-order valence-electron chi connectivity index (χ1n) is 14.8. The van der Waals surface area contributed by atoms with Crippen LogP contribution in [0.5, 0.6) is 5.88 Å². The number of fused-ring (bicyclic) bond motifs is 1. The average molecular weight is 677 g/mol. The normalized spacial score (nSPS) is 20.1. The molecule has 3 aliphatic rings. The smallest absolute Gasteiger partial charge is 0.391 e. The summed E-state index contributed by atoms with van der Waals surface area (Å²) >= 11 is 13.1. The number of ether oxygens (including phenoxy) is 1. The molecule has 0 radical (unpaired) electrons. The number of benzene rings is 1. The number of aromatic nitrogens is 1. The van der Waals surface area contributed by atoms with Crippen LogP contribution in [0.2, 0.25) is 10.0 Å². The molecule has 2 aliphatic carbocycles. The Bertz CT molecular complexity index is 1460. The van der Waals surface area contributed by atoms with Crippen molar-refractivity contribution in [2.75, 3.05) is 11.9 Å². The van der Waals surface area contributed by atoms with Crippen LogP contribution in [0.25, 0.3) is 0 Å². The first kappa shape index (κ1) is 33.2. The summed E-state index contributed by atoms with van der Waals surface area (Å²) in [6.45, 7) is -0.817. The number of carbonyl (C=O) groups is 2. The zero-order valence-corrected chi connectivity index (χ0v) is 25.6. The minimum atomic E-state index is -4.29. The molecule has 1 aromatic carbocycles. The Balaban J connectivity index is 1.29. The van der Waals surface area contributed by atoms with Crippen LogP contribution in [0.4, 0.5) is 33.5 Å². The van der Waals surface area contributed by atoms with E-state index in [2.05, 4.69) is 25.9 Å². The fourth-order valence-electron chi connectivity index (χ4n) is 5.92. The third kappa shape index (κ3) is 8.16. The number of nitrogens with one attached hydrogen (secondary N) is 3. The summed E-state index contributed by atoms with van der Waals surface area (Å²) in [6.07, 6.45) is -3.16. The van der Waals surface area contributed by atoms with Crippen LogP contribution in [0.3, 0.4) is 0 Å². The van der Waals surface area contributed by atoms with Gasteiger partial charge in [0.2, 0.25) is 11.8 Å². The lowest BCUT2D eigenvalue weighted by Gasteiger charge is -2.30. The second kappa shape index (κ2) is 14.1. The molecule has 244 valence electrons. The van der Waals surface area contributed by atoms with Crippen molar-refractivity contribution in [1.29, 1.82) is 0 Å². The zero-order chi connectivity index (χ0) is 32.3. The summed E-state index contributed by atoms with van der Waals surface area (Å²) in [5.74, 6) is -2.00. The fourth-order valence-corrected chi connectivity index (χ4v) is 6.46. The van der Waals surface area contributed by atoms with E-state index >= 15 is 0 Å². The summed E-state index contributed by atoms with van der Waals surface area (Å²) in [7, 11) is 0. The summed E-state index contributed by atoms with van der Waals surface area (Å²) in [5.41, 5.74) is 1.34. The molecule has 0 bridgehead atoms. The Morgan fingerprint density at radius 1 is 1.04 bits per heavy atom. The molecule has 2 heterocycles. The van der Waals surface area contributed by atoms with E-state index in [4.69, 9.17) is 27.9 Å². The molecule has 15 heteroatoms. The van der Waals surface area contributed by atoms with Crippen molar-refractivity contribution in [3.8, 4) is 5.88 Å². The van der Waals surface area contributed by atoms with Crippen molar-refractivity contribution in [2.24, 2.45) is 16.8 Å². The van der Waals surface area contributed by atoms with Gasteiger partial charge in [-0.15, -0.1) is 0 Å². The first-order chi connectivity index (χ1) is 21.4. The lowest BCUT2D eigenvalue weighted by atomic mass is 9.85. The van der Waals surface area contributed by atoms with Gasteiger partial charge in [-0.1, -0.05) is 42.1 Å². The van der Waals surface area contributed by atoms with E-state index in [1.807, 2.05) is 0 Å². The SMILES string of the molecule is O=C(NC1CCC(C(F)(F)F)CC1)c1cc2c(nc1OCC(F)F)N=C(Nc1c(Cl)ccc(CNC(=O)C3CCCC3)c1Cl)C2. The maximum absolute atomic E-state index is 13.2. The Hall–Kier alpha value is -3.19. The number of amides is 2. The Morgan fingerprint density at radius 3 is 2.42 bits per heavy atom. The molecule has 0 spiro atoms. The molecule has 3 N–H and O–H groups in total. The molecule has 0 atom stereocenters. The molecule has 8 nitrogen and oxygen atoms in total. The van der Waals surface area contributed by atoms with E-state index in [0.717, 1.165) is 25.7 Å². The fraction of sp³-hybridized carbons (Fsp3) is 0.533. The highest BCUT2D eigenvalue weighted by Crippen LogP contribution is 2.39. The van der Waals surface area contributed by atoms with Gasteiger partial charge in [0, 0.05) is 30.5 Å². The van der Waals surface area contributed by atoms with E-state index in [0.29, 0.717) is 27.7 Å². The van der Waals surface area contributed by atoms with Gasteiger partial charge in [-0.3, -0.25) is 9.59 Å². The van der Waals surface area contributed by atoms with Crippen molar-refractivity contribution in [3.63, 3.8) is 0 Å². The first-order valence-corrected chi connectivity index (χ1v) is 15.6. The number of nitrogens with zero attached hydrogens (tertiary/aromatic N) is 2. The predicted molar refractivity (Wildman–Crippen MR) is 160 cm³/mol. The molecule has 1 aliphatic heterocycles. The maximum atomic E-state index is 13.2. The number of halogens is 7. The average Bonchev–Trinajstić information content (AvgIpc) is 3.67. The summed E-state index contributed by atoms with van der Waals surface area (Å²) in [6, 6.07) is 4.26. The van der Waals surface area contributed by atoms with Gasteiger partial charge >= 0.3 is 6.18 Å². The molecular weight excluding hydrogens is 644 g/mol.